The summed E-state index contributed by atoms with van der Waals surface area (Å²) in [6.07, 6.45) is 5.81. The van der Waals surface area contributed by atoms with Crippen molar-refractivity contribution in [1.29, 1.82) is 0 Å². The highest BCUT2D eigenvalue weighted by Crippen LogP contribution is 2.22. The van der Waals surface area contributed by atoms with Crippen LogP contribution in [0.15, 0.2) is 24.3 Å². The largest absolute Gasteiger partial charge is 0.447 e. The van der Waals surface area contributed by atoms with E-state index in [9.17, 15) is 14.4 Å². The molecule has 1 unspecified atom stereocenters. The normalized spacial score (nSPS) is 19.2. The average molecular weight is 402 g/mol. The van der Waals surface area contributed by atoms with Crippen LogP contribution in [0.4, 0.5) is 10.5 Å². The van der Waals surface area contributed by atoms with E-state index in [1.54, 1.807) is 34.1 Å². The maximum absolute atomic E-state index is 12.9. The van der Waals surface area contributed by atoms with Gasteiger partial charge in [0.2, 0.25) is 5.91 Å². The smallest absolute Gasteiger partial charge is 0.414 e. The Labute approximate surface area is 172 Å². The number of nitrogens with zero attached hydrogens (tertiary/aromatic N) is 2. The number of hydrogen-bond donors (Lipinski definition) is 1. The predicted molar refractivity (Wildman–Crippen MR) is 111 cm³/mol. The van der Waals surface area contributed by atoms with Crippen LogP contribution in [0.1, 0.15) is 55.8 Å². The van der Waals surface area contributed by atoms with Gasteiger partial charge in [-0.15, -0.1) is 0 Å². The van der Waals surface area contributed by atoms with E-state index in [1.807, 2.05) is 0 Å². The Bertz CT molecular complexity index is 719. The Kier molecular flexibility index (Phi) is 7.49. The van der Waals surface area contributed by atoms with Gasteiger partial charge in [0.05, 0.1) is 12.5 Å². The minimum atomic E-state index is -0.358. The molecule has 0 aromatic heterocycles. The minimum absolute atomic E-state index is 0.0573. The number of amides is 3. The fourth-order valence-electron chi connectivity index (χ4n) is 3.88. The van der Waals surface area contributed by atoms with Crippen molar-refractivity contribution in [1.82, 2.24) is 10.2 Å². The number of carbonyl (C=O) groups is 3. The molecule has 7 nitrogen and oxygen atoms in total. The molecule has 2 heterocycles. The van der Waals surface area contributed by atoms with Gasteiger partial charge in [0.1, 0.15) is 6.61 Å². The van der Waals surface area contributed by atoms with E-state index in [0.29, 0.717) is 38.3 Å². The Balaban J connectivity index is 1.52. The second-order valence-corrected chi connectivity index (χ2v) is 7.75. The third kappa shape index (κ3) is 5.49. The molecule has 7 heteroatoms. The highest BCUT2D eigenvalue weighted by Gasteiger charge is 2.29. The molecule has 3 rings (SSSR count). The zero-order valence-electron chi connectivity index (χ0n) is 17.2. The standard InChI is InChI=1S/C22H31N3O4/c1-2-3-4-5-12-23-20(26)18-7-6-13-24(16-18)21(27)17-8-10-19(11-9-17)25-14-15-29-22(25)28/h8-11,18H,2-7,12-16H2,1H3,(H,23,26). The van der Waals surface area contributed by atoms with E-state index in [4.69, 9.17) is 4.74 Å². The summed E-state index contributed by atoms with van der Waals surface area (Å²) in [7, 11) is 0. The summed E-state index contributed by atoms with van der Waals surface area (Å²) in [4.78, 5) is 40.3. The SMILES string of the molecule is CCCCCCNC(=O)C1CCCN(C(=O)c2ccc(N3CCOC3=O)cc2)C1. The van der Waals surface area contributed by atoms with Crippen LogP contribution in [0.5, 0.6) is 0 Å². The summed E-state index contributed by atoms with van der Waals surface area (Å²) in [5.74, 6) is -0.152. The van der Waals surface area contributed by atoms with Gasteiger partial charge in [0.15, 0.2) is 0 Å². The molecule has 0 spiro atoms. The van der Waals surface area contributed by atoms with Crippen molar-refractivity contribution in [2.75, 3.05) is 37.7 Å². The van der Waals surface area contributed by atoms with Crippen molar-refractivity contribution in [2.24, 2.45) is 5.92 Å². The van der Waals surface area contributed by atoms with Crippen molar-refractivity contribution in [3.8, 4) is 0 Å². The number of ether oxygens (including phenoxy) is 1. The van der Waals surface area contributed by atoms with Gasteiger partial charge in [-0.3, -0.25) is 14.5 Å². The molecule has 0 aliphatic carbocycles. The highest BCUT2D eigenvalue weighted by atomic mass is 16.6. The summed E-state index contributed by atoms with van der Waals surface area (Å²) in [5, 5.41) is 3.03. The maximum atomic E-state index is 12.9. The van der Waals surface area contributed by atoms with E-state index < -0.39 is 0 Å². The van der Waals surface area contributed by atoms with E-state index in [1.165, 1.54) is 12.8 Å². The molecule has 2 saturated heterocycles. The number of rotatable bonds is 8. The van der Waals surface area contributed by atoms with Crippen LogP contribution < -0.4 is 10.2 Å². The molecule has 3 amide bonds. The lowest BCUT2D eigenvalue weighted by molar-refractivity contribution is -0.126. The summed E-state index contributed by atoms with van der Waals surface area (Å²) >= 11 is 0. The third-order valence-electron chi connectivity index (χ3n) is 5.60. The zero-order valence-corrected chi connectivity index (χ0v) is 17.2. The first kappa shape index (κ1) is 21.1. The molecule has 29 heavy (non-hydrogen) atoms. The van der Waals surface area contributed by atoms with Gasteiger partial charge in [-0.2, -0.15) is 0 Å². The van der Waals surface area contributed by atoms with Crippen molar-refractivity contribution < 1.29 is 19.1 Å². The number of carbonyl (C=O) groups excluding carboxylic acids is 3. The van der Waals surface area contributed by atoms with Crippen molar-refractivity contribution >= 4 is 23.6 Å². The van der Waals surface area contributed by atoms with E-state index in [2.05, 4.69) is 12.2 Å². The predicted octanol–water partition coefficient (Wildman–Crippen LogP) is 3.19. The van der Waals surface area contributed by atoms with Crippen LogP contribution in [-0.2, 0) is 9.53 Å². The molecule has 1 N–H and O–H groups in total. The lowest BCUT2D eigenvalue weighted by Gasteiger charge is -2.32. The van der Waals surface area contributed by atoms with Crippen LogP contribution in [0.2, 0.25) is 0 Å². The molecular weight excluding hydrogens is 370 g/mol. The molecule has 0 saturated carbocycles. The second kappa shape index (κ2) is 10.3. The van der Waals surface area contributed by atoms with Gasteiger partial charge in [-0.25, -0.2) is 4.79 Å². The third-order valence-corrected chi connectivity index (χ3v) is 5.60. The molecule has 1 aromatic rings. The lowest BCUT2D eigenvalue weighted by atomic mass is 9.96. The van der Waals surface area contributed by atoms with Crippen LogP contribution in [0.25, 0.3) is 0 Å². The van der Waals surface area contributed by atoms with Crippen LogP contribution in [-0.4, -0.2) is 55.6 Å². The molecule has 2 fully saturated rings. The average Bonchev–Trinajstić information content (AvgIpc) is 3.19. The number of benzene rings is 1. The molecule has 0 radical (unpaired) electrons. The van der Waals surface area contributed by atoms with Crippen LogP contribution in [0.3, 0.4) is 0 Å². The Morgan fingerprint density at radius 1 is 1.14 bits per heavy atom. The number of nitrogens with one attached hydrogen (secondary N) is 1. The zero-order chi connectivity index (χ0) is 20.6. The number of cyclic esters (lactones) is 1. The van der Waals surface area contributed by atoms with E-state index in [-0.39, 0.29) is 23.8 Å². The van der Waals surface area contributed by atoms with Crippen molar-refractivity contribution in [3.63, 3.8) is 0 Å². The van der Waals surface area contributed by atoms with Crippen molar-refractivity contribution in [3.05, 3.63) is 29.8 Å². The number of piperidine rings is 1. The lowest BCUT2D eigenvalue weighted by Crippen LogP contribution is -2.45. The summed E-state index contributed by atoms with van der Waals surface area (Å²) in [6, 6.07) is 7.01. The quantitative estimate of drug-likeness (QED) is 0.679. The topological polar surface area (TPSA) is 79.0 Å². The summed E-state index contributed by atoms with van der Waals surface area (Å²) in [6.45, 7) is 4.91. The highest BCUT2D eigenvalue weighted by molar-refractivity contribution is 5.96. The molecule has 2 aliphatic heterocycles. The molecule has 1 atom stereocenters. The first-order valence-electron chi connectivity index (χ1n) is 10.7. The van der Waals surface area contributed by atoms with E-state index in [0.717, 1.165) is 31.4 Å². The van der Waals surface area contributed by atoms with Crippen LogP contribution in [0, 0.1) is 5.92 Å². The van der Waals surface area contributed by atoms with Gasteiger partial charge in [-0.05, 0) is 43.5 Å². The minimum Gasteiger partial charge on any atom is -0.447 e. The number of unbranched alkanes of at least 4 members (excludes halogenated alkanes) is 3. The first-order valence-corrected chi connectivity index (χ1v) is 10.7. The Morgan fingerprint density at radius 3 is 2.62 bits per heavy atom. The molecule has 158 valence electrons. The molecule has 0 bridgehead atoms. The van der Waals surface area contributed by atoms with Crippen molar-refractivity contribution in [2.45, 2.75) is 45.4 Å². The summed E-state index contributed by atoms with van der Waals surface area (Å²) < 4.78 is 4.95. The van der Waals surface area contributed by atoms with Gasteiger partial charge >= 0.3 is 6.09 Å². The van der Waals surface area contributed by atoms with Gasteiger partial charge in [0, 0.05) is 30.9 Å². The number of hydrogen-bond acceptors (Lipinski definition) is 4. The van der Waals surface area contributed by atoms with E-state index >= 15 is 0 Å². The second-order valence-electron chi connectivity index (χ2n) is 7.75. The fraction of sp³-hybridized carbons (Fsp3) is 0.591. The molecule has 2 aliphatic rings. The Morgan fingerprint density at radius 2 is 1.93 bits per heavy atom. The monoisotopic (exact) mass is 401 g/mol. The number of likely N-dealkylation sites (tertiary alicyclic amines) is 1. The number of anilines is 1. The molecule has 1 aromatic carbocycles. The fourth-order valence-corrected chi connectivity index (χ4v) is 3.88. The first-order chi connectivity index (χ1) is 14.1. The van der Waals surface area contributed by atoms with Gasteiger partial charge < -0.3 is 15.0 Å². The summed E-state index contributed by atoms with van der Waals surface area (Å²) in [5.41, 5.74) is 1.30. The maximum Gasteiger partial charge on any atom is 0.414 e. The van der Waals surface area contributed by atoms with Gasteiger partial charge in [0.25, 0.3) is 5.91 Å². The molecular formula is C22H31N3O4. The Hall–Kier alpha value is -2.57. The van der Waals surface area contributed by atoms with Crippen LogP contribution >= 0.6 is 0 Å². The van der Waals surface area contributed by atoms with Gasteiger partial charge in [-0.1, -0.05) is 26.2 Å².